The number of nitrogens with one attached hydrogen (secondary N) is 2. The van der Waals surface area contributed by atoms with Crippen molar-refractivity contribution in [3.8, 4) is 0 Å². The third-order valence-electron chi connectivity index (χ3n) is 5.24. The maximum atomic E-state index is 12.4. The van der Waals surface area contributed by atoms with Gasteiger partial charge >= 0.3 is 0 Å². The summed E-state index contributed by atoms with van der Waals surface area (Å²) in [6, 6.07) is 1.80. The number of amides is 2. The first-order valence-electron chi connectivity index (χ1n) is 8.28. The van der Waals surface area contributed by atoms with Crippen molar-refractivity contribution in [2.45, 2.75) is 39.0 Å². The summed E-state index contributed by atoms with van der Waals surface area (Å²) in [6.45, 7) is 4.09. The van der Waals surface area contributed by atoms with Crippen molar-refractivity contribution in [2.24, 2.45) is 23.7 Å². The molecule has 2 N–H and O–H groups in total. The highest BCUT2D eigenvalue weighted by Crippen LogP contribution is 2.52. The lowest BCUT2D eigenvalue weighted by atomic mass is 9.79. The summed E-state index contributed by atoms with van der Waals surface area (Å²) in [5, 5.41) is 13.1. The van der Waals surface area contributed by atoms with Gasteiger partial charge < -0.3 is 9.90 Å². The Balaban J connectivity index is 1.60. The molecule has 6 nitrogen and oxygen atoms in total. The second-order valence-electron chi connectivity index (χ2n) is 7.04. The van der Waals surface area contributed by atoms with Gasteiger partial charge in [-0.05, 0) is 43.1 Å². The van der Waals surface area contributed by atoms with Crippen LogP contribution < -0.4 is 16.0 Å². The van der Waals surface area contributed by atoms with Crippen LogP contribution in [0.3, 0.4) is 0 Å². The van der Waals surface area contributed by atoms with Crippen LogP contribution in [0.5, 0.6) is 0 Å². The van der Waals surface area contributed by atoms with Crippen molar-refractivity contribution in [3.05, 3.63) is 21.9 Å². The number of hydrazine groups is 1. The Hall–Kier alpha value is -1.89. The molecule has 24 heavy (non-hydrogen) atoms. The van der Waals surface area contributed by atoms with Crippen molar-refractivity contribution in [1.29, 1.82) is 0 Å². The summed E-state index contributed by atoms with van der Waals surface area (Å²) in [7, 11) is 0. The summed E-state index contributed by atoms with van der Waals surface area (Å²) in [5.74, 6) is -2.89. The molecule has 4 atom stereocenters. The maximum absolute atomic E-state index is 12.4. The van der Waals surface area contributed by atoms with Gasteiger partial charge in [0.15, 0.2) is 0 Å². The highest BCUT2D eigenvalue weighted by atomic mass is 32.1. The van der Waals surface area contributed by atoms with Gasteiger partial charge in [-0.1, -0.05) is 13.8 Å². The molecule has 7 heteroatoms. The van der Waals surface area contributed by atoms with E-state index in [0.29, 0.717) is 11.5 Å². The molecule has 2 saturated carbocycles. The lowest BCUT2D eigenvalue weighted by Gasteiger charge is -2.30. The molecule has 1 aromatic heterocycles. The van der Waals surface area contributed by atoms with Gasteiger partial charge in [0.25, 0.3) is 5.91 Å². The van der Waals surface area contributed by atoms with Gasteiger partial charge in [0.1, 0.15) is 0 Å². The van der Waals surface area contributed by atoms with E-state index in [1.54, 1.807) is 11.4 Å². The molecule has 130 valence electrons. The molecule has 0 unspecified atom stereocenters. The Kier molecular flexibility index (Phi) is 4.62. The number of hydrogen-bond acceptors (Lipinski definition) is 5. The molecule has 3 rings (SSSR count). The van der Waals surface area contributed by atoms with Gasteiger partial charge in [0, 0.05) is 22.1 Å². The molecule has 0 saturated heterocycles. The minimum absolute atomic E-state index is 0.0249. The van der Waals surface area contributed by atoms with Crippen LogP contribution in [0.15, 0.2) is 11.4 Å². The molecule has 0 spiro atoms. The first-order chi connectivity index (χ1) is 11.4. The Morgan fingerprint density at radius 1 is 1.17 bits per heavy atom. The average Bonchev–Trinajstić information content (AvgIpc) is 3.25. The monoisotopic (exact) mass is 349 g/mol. The minimum atomic E-state index is -1.16. The predicted molar refractivity (Wildman–Crippen MR) is 86.8 cm³/mol. The Morgan fingerprint density at radius 3 is 2.42 bits per heavy atom. The van der Waals surface area contributed by atoms with E-state index in [4.69, 9.17) is 0 Å². The number of carboxylic acids is 1. The van der Waals surface area contributed by atoms with Crippen molar-refractivity contribution in [3.63, 3.8) is 0 Å². The van der Waals surface area contributed by atoms with Gasteiger partial charge in [-0.15, -0.1) is 11.3 Å². The van der Waals surface area contributed by atoms with E-state index in [0.717, 1.165) is 24.1 Å². The lowest BCUT2D eigenvalue weighted by molar-refractivity contribution is -0.314. The van der Waals surface area contributed by atoms with E-state index in [1.807, 2.05) is 13.8 Å². The van der Waals surface area contributed by atoms with Gasteiger partial charge in [-0.2, -0.15) is 0 Å². The van der Waals surface area contributed by atoms with Gasteiger partial charge in [-0.3, -0.25) is 20.4 Å². The number of rotatable bonds is 4. The quantitative estimate of drug-likeness (QED) is 0.794. The van der Waals surface area contributed by atoms with Crippen LogP contribution in [0.4, 0.5) is 0 Å². The molecular weight excluding hydrogens is 328 g/mol. The molecule has 2 aliphatic rings. The van der Waals surface area contributed by atoms with Crippen LogP contribution in [0.25, 0.3) is 0 Å². The number of thiophene rings is 1. The van der Waals surface area contributed by atoms with Crippen molar-refractivity contribution >= 4 is 29.1 Å². The molecule has 0 radical (unpaired) electrons. The number of hydrogen-bond donors (Lipinski definition) is 2. The maximum Gasteiger partial charge on any atom is 0.270 e. The Morgan fingerprint density at radius 2 is 1.83 bits per heavy atom. The van der Waals surface area contributed by atoms with Crippen molar-refractivity contribution in [2.75, 3.05) is 0 Å². The van der Waals surface area contributed by atoms with E-state index in [-0.39, 0.29) is 17.7 Å². The van der Waals surface area contributed by atoms with E-state index in [1.165, 1.54) is 11.3 Å². The minimum Gasteiger partial charge on any atom is -0.550 e. The smallest absolute Gasteiger partial charge is 0.270 e. The standard InChI is InChI=1S/C17H22N2O4S/c1-8(2)12-6-11(7-24-12)15(20)18-19-16(21)13-9-3-4-10(5-9)14(13)17(22)23/h6-10,13-14H,3-5H2,1-2H3,(H,18,20)(H,19,21)(H,22,23)/p-1/t9-,10-,13+,14-/m0/s1. The van der Waals surface area contributed by atoms with Crippen LogP contribution in [0.1, 0.15) is 54.3 Å². The fourth-order valence-electron chi connectivity index (χ4n) is 4.06. The second kappa shape index (κ2) is 6.55. The van der Waals surface area contributed by atoms with Crippen LogP contribution in [-0.4, -0.2) is 17.8 Å². The molecule has 0 aromatic carbocycles. The molecule has 2 fully saturated rings. The Bertz CT molecular complexity index is 669. The summed E-state index contributed by atoms with van der Waals surface area (Å²) in [4.78, 5) is 37.0. The molecule has 1 heterocycles. The van der Waals surface area contributed by atoms with E-state index in [2.05, 4.69) is 10.9 Å². The first kappa shape index (κ1) is 17.0. The molecule has 2 aliphatic carbocycles. The number of carbonyl (C=O) groups is 3. The molecule has 2 bridgehead atoms. The second-order valence-corrected chi connectivity index (χ2v) is 7.98. The van der Waals surface area contributed by atoms with Crippen LogP contribution in [0, 0.1) is 23.7 Å². The summed E-state index contributed by atoms with van der Waals surface area (Å²) in [6.07, 6.45) is 2.46. The number of carbonyl (C=O) groups excluding carboxylic acids is 3. The van der Waals surface area contributed by atoms with Gasteiger partial charge in [0.2, 0.25) is 5.91 Å². The third-order valence-corrected chi connectivity index (χ3v) is 6.47. The highest BCUT2D eigenvalue weighted by molar-refractivity contribution is 7.10. The number of aliphatic carboxylic acids is 1. The fourth-order valence-corrected chi connectivity index (χ4v) is 4.96. The van der Waals surface area contributed by atoms with Crippen LogP contribution >= 0.6 is 11.3 Å². The first-order valence-corrected chi connectivity index (χ1v) is 9.16. The van der Waals surface area contributed by atoms with Crippen LogP contribution in [0.2, 0.25) is 0 Å². The largest absolute Gasteiger partial charge is 0.550 e. The third kappa shape index (κ3) is 3.05. The summed E-state index contributed by atoms with van der Waals surface area (Å²) >= 11 is 1.50. The van der Waals surface area contributed by atoms with Gasteiger partial charge in [-0.25, -0.2) is 0 Å². The zero-order valence-electron chi connectivity index (χ0n) is 13.7. The highest BCUT2D eigenvalue weighted by Gasteiger charge is 2.51. The van der Waals surface area contributed by atoms with Crippen molar-refractivity contribution < 1.29 is 19.5 Å². The fraction of sp³-hybridized carbons (Fsp3) is 0.588. The van der Waals surface area contributed by atoms with E-state index in [9.17, 15) is 19.5 Å². The number of carboxylic acid groups (broad SMARTS) is 1. The lowest BCUT2D eigenvalue weighted by Crippen LogP contribution is -2.50. The van der Waals surface area contributed by atoms with E-state index >= 15 is 0 Å². The molecular formula is C17H21N2O4S-. The van der Waals surface area contributed by atoms with E-state index < -0.39 is 23.7 Å². The predicted octanol–water partition coefficient (Wildman–Crippen LogP) is 1.04. The number of fused-ring (bicyclic) bond motifs is 2. The molecule has 1 aromatic rings. The van der Waals surface area contributed by atoms with Gasteiger partial charge in [0.05, 0.1) is 11.5 Å². The molecule has 0 aliphatic heterocycles. The Labute approximate surface area is 144 Å². The normalized spacial score (nSPS) is 28.1. The average molecular weight is 349 g/mol. The topological polar surface area (TPSA) is 98.3 Å². The van der Waals surface area contributed by atoms with Crippen LogP contribution in [-0.2, 0) is 9.59 Å². The molecule has 2 amide bonds. The van der Waals surface area contributed by atoms with Crippen molar-refractivity contribution in [1.82, 2.24) is 10.9 Å². The summed E-state index contributed by atoms with van der Waals surface area (Å²) < 4.78 is 0. The SMILES string of the molecule is CC(C)c1cc(C(=O)NNC(=O)[C@@H]2[C@H]3CC[C@@H](C3)[C@@H]2C(=O)[O-])cs1. The zero-order valence-corrected chi connectivity index (χ0v) is 14.5. The summed E-state index contributed by atoms with van der Waals surface area (Å²) in [5.41, 5.74) is 5.30. The zero-order chi connectivity index (χ0) is 17.4.